The van der Waals surface area contributed by atoms with Crippen molar-refractivity contribution in [2.45, 2.75) is 18.9 Å². The van der Waals surface area contributed by atoms with Gasteiger partial charge in [0.05, 0.1) is 5.56 Å². The van der Waals surface area contributed by atoms with Crippen LogP contribution in [0.2, 0.25) is 5.02 Å². The summed E-state index contributed by atoms with van der Waals surface area (Å²) >= 11 is 5.78. The fourth-order valence-electron chi connectivity index (χ4n) is 2.05. The van der Waals surface area contributed by atoms with E-state index in [4.69, 9.17) is 17.3 Å². The van der Waals surface area contributed by atoms with Crippen LogP contribution in [0.15, 0.2) is 42.5 Å². The van der Waals surface area contributed by atoms with Crippen LogP contribution in [0.5, 0.6) is 0 Å². The number of benzene rings is 2. The highest BCUT2D eigenvalue weighted by atomic mass is 35.5. The monoisotopic (exact) mass is 309 g/mol. The molecule has 0 amide bonds. The Bertz CT molecular complexity index is 623. The highest BCUT2D eigenvalue weighted by Crippen LogP contribution is 2.21. The molecule has 2 N–H and O–H groups in total. The molecule has 0 aliphatic rings. The van der Waals surface area contributed by atoms with Crippen LogP contribution in [0.4, 0.5) is 8.78 Å². The topological polar surface area (TPSA) is 43.1 Å². The van der Waals surface area contributed by atoms with Crippen LogP contribution >= 0.6 is 11.6 Å². The number of carbonyl (C=O) groups is 1. The molecule has 2 rings (SSSR count). The summed E-state index contributed by atoms with van der Waals surface area (Å²) in [5, 5.41) is 0.593. The minimum atomic E-state index is -0.847. The molecule has 1 unspecified atom stereocenters. The Labute approximate surface area is 126 Å². The maximum Gasteiger partial charge on any atom is 0.168 e. The first-order valence-electron chi connectivity index (χ1n) is 6.47. The lowest BCUT2D eigenvalue weighted by Gasteiger charge is -2.12. The van der Waals surface area contributed by atoms with Crippen LogP contribution in [0.1, 0.15) is 34.8 Å². The third kappa shape index (κ3) is 3.86. The zero-order valence-corrected chi connectivity index (χ0v) is 11.9. The fraction of sp³-hybridized carbons (Fsp3) is 0.188. The van der Waals surface area contributed by atoms with Gasteiger partial charge in [-0.1, -0.05) is 29.8 Å². The predicted molar refractivity (Wildman–Crippen MR) is 78.3 cm³/mol. The van der Waals surface area contributed by atoms with Crippen molar-refractivity contribution in [2.24, 2.45) is 5.73 Å². The molecule has 0 saturated carbocycles. The Hall–Kier alpha value is -1.78. The molecule has 2 aromatic rings. The fourth-order valence-corrected chi connectivity index (χ4v) is 2.18. The quantitative estimate of drug-likeness (QED) is 0.838. The van der Waals surface area contributed by atoms with Gasteiger partial charge in [0.2, 0.25) is 0 Å². The summed E-state index contributed by atoms with van der Waals surface area (Å²) in [5.41, 5.74) is 6.29. The second kappa shape index (κ2) is 6.78. The lowest BCUT2D eigenvalue weighted by Crippen LogP contribution is -2.14. The summed E-state index contributed by atoms with van der Waals surface area (Å²) < 4.78 is 27.0. The average molecular weight is 310 g/mol. The van der Waals surface area contributed by atoms with E-state index in [2.05, 4.69) is 0 Å². The SMILES string of the molecule is NC(CCC(=O)c1c(F)cccc1F)c1ccc(Cl)cc1. The second-order valence-corrected chi connectivity index (χ2v) is 5.15. The number of hydrogen-bond donors (Lipinski definition) is 1. The van der Waals surface area contributed by atoms with Gasteiger partial charge in [0, 0.05) is 17.5 Å². The molecule has 0 radical (unpaired) electrons. The molecule has 0 fully saturated rings. The first kappa shape index (κ1) is 15.6. The van der Waals surface area contributed by atoms with Crippen molar-refractivity contribution in [3.05, 3.63) is 70.2 Å². The maximum absolute atomic E-state index is 13.5. The molecule has 1 atom stereocenters. The van der Waals surface area contributed by atoms with Gasteiger partial charge >= 0.3 is 0 Å². The lowest BCUT2D eigenvalue weighted by atomic mass is 9.98. The Balaban J connectivity index is 2.02. The zero-order chi connectivity index (χ0) is 15.4. The standard InChI is InChI=1S/C16H14ClF2NO/c17-11-6-4-10(5-7-11)14(20)8-9-15(21)16-12(18)2-1-3-13(16)19/h1-7,14H,8-9,20H2. The average Bonchev–Trinajstić information content (AvgIpc) is 2.45. The highest BCUT2D eigenvalue weighted by molar-refractivity contribution is 6.30. The molecule has 0 bridgehead atoms. The normalized spacial score (nSPS) is 12.2. The Morgan fingerprint density at radius 2 is 1.67 bits per heavy atom. The molecule has 2 aromatic carbocycles. The minimum absolute atomic E-state index is 0.0261. The smallest absolute Gasteiger partial charge is 0.168 e. The number of ketones is 1. The number of rotatable bonds is 5. The highest BCUT2D eigenvalue weighted by Gasteiger charge is 2.18. The molecule has 0 aromatic heterocycles. The van der Waals surface area contributed by atoms with Crippen LogP contribution in [-0.2, 0) is 0 Å². The predicted octanol–water partition coefficient (Wildman–Crippen LogP) is 4.28. The summed E-state index contributed by atoms with van der Waals surface area (Å²) in [6.45, 7) is 0. The molecule has 5 heteroatoms. The zero-order valence-electron chi connectivity index (χ0n) is 11.2. The summed E-state index contributed by atoms with van der Waals surface area (Å²) in [5.74, 6) is -2.28. The van der Waals surface area contributed by atoms with Crippen LogP contribution in [0.25, 0.3) is 0 Å². The van der Waals surface area contributed by atoms with Gasteiger partial charge in [-0.3, -0.25) is 4.79 Å². The Kier molecular flexibility index (Phi) is 5.04. The van der Waals surface area contributed by atoms with Crippen molar-refractivity contribution in [1.82, 2.24) is 0 Å². The molecular formula is C16H14ClF2NO. The summed E-state index contributed by atoms with van der Waals surface area (Å²) in [6.07, 6.45) is 0.274. The van der Waals surface area contributed by atoms with E-state index in [0.717, 1.165) is 17.7 Å². The number of halogens is 3. The summed E-state index contributed by atoms with van der Waals surface area (Å²) in [7, 11) is 0. The van der Waals surface area contributed by atoms with E-state index in [-0.39, 0.29) is 12.5 Å². The molecule has 0 saturated heterocycles. The molecule has 0 spiro atoms. The van der Waals surface area contributed by atoms with Gasteiger partial charge in [0.25, 0.3) is 0 Å². The van der Waals surface area contributed by atoms with Crippen molar-refractivity contribution in [3.63, 3.8) is 0 Å². The molecule has 2 nitrogen and oxygen atoms in total. The lowest BCUT2D eigenvalue weighted by molar-refractivity contribution is 0.0969. The van der Waals surface area contributed by atoms with Crippen molar-refractivity contribution in [3.8, 4) is 0 Å². The molecule has 0 aliphatic carbocycles. The first-order valence-corrected chi connectivity index (χ1v) is 6.85. The summed E-state index contributed by atoms with van der Waals surface area (Å²) in [4.78, 5) is 11.9. The van der Waals surface area contributed by atoms with Crippen LogP contribution in [0.3, 0.4) is 0 Å². The third-order valence-electron chi connectivity index (χ3n) is 3.22. The van der Waals surface area contributed by atoms with Gasteiger partial charge in [-0.15, -0.1) is 0 Å². The first-order chi connectivity index (χ1) is 9.99. The Morgan fingerprint density at radius 1 is 1.10 bits per heavy atom. The van der Waals surface area contributed by atoms with Crippen molar-refractivity contribution in [1.29, 1.82) is 0 Å². The van der Waals surface area contributed by atoms with Gasteiger partial charge in [-0.05, 0) is 36.2 Å². The largest absolute Gasteiger partial charge is 0.324 e. The molecule has 0 heterocycles. The van der Waals surface area contributed by atoms with Gasteiger partial charge in [0.15, 0.2) is 5.78 Å². The minimum Gasteiger partial charge on any atom is -0.324 e. The van der Waals surface area contributed by atoms with E-state index in [1.165, 1.54) is 6.07 Å². The van der Waals surface area contributed by atoms with Gasteiger partial charge in [-0.2, -0.15) is 0 Å². The Morgan fingerprint density at radius 3 is 2.24 bits per heavy atom. The molecular weight excluding hydrogens is 296 g/mol. The van der Waals surface area contributed by atoms with E-state index in [1.54, 1.807) is 24.3 Å². The van der Waals surface area contributed by atoms with Crippen LogP contribution in [-0.4, -0.2) is 5.78 Å². The van der Waals surface area contributed by atoms with Crippen molar-refractivity contribution >= 4 is 17.4 Å². The third-order valence-corrected chi connectivity index (χ3v) is 3.47. The second-order valence-electron chi connectivity index (χ2n) is 4.72. The van der Waals surface area contributed by atoms with Crippen molar-refractivity contribution < 1.29 is 13.6 Å². The van der Waals surface area contributed by atoms with E-state index in [1.807, 2.05) is 0 Å². The molecule has 0 aliphatic heterocycles. The molecule has 110 valence electrons. The van der Waals surface area contributed by atoms with E-state index in [9.17, 15) is 13.6 Å². The van der Waals surface area contributed by atoms with E-state index < -0.39 is 23.0 Å². The van der Waals surface area contributed by atoms with E-state index >= 15 is 0 Å². The van der Waals surface area contributed by atoms with Gasteiger partial charge < -0.3 is 5.73 Å². The van der Waals surface area contributed by atoms with Crippen LogP contribution in [0, 0.1) is 11.6 Å². The van der Waals surface area contributed by atoms with Gasteiger partial charge in [0.1, 0.15) is 11.6 Å². The van der Waals surface area contributed by atoms with E-state index in [0.29, 0.717) is 11.4 Å². The summed E-state index contributed by atoms with van der Waals surface area (Å²) in [6, 6.07) is 9.90. The number of hydrogen-bond acceptors (Lipinski definition) is 2. The maximum atomic E-state index is 13.5. The van der Waals surface area contributed by atoms with Crippen LogP contribution < -0.4 is 5.73 Å². The number of carbonyl (C=O) groups excluding carboxylic acids is 1. The van der Waals surface area contributed by atoms with Gasteiger partial charge in [-0.25, -0.2) is 8.78 Å². The van der Waals surface area contributed by atoms with Crippen molar-refractivity contribution in [2.75, 3.05) is 0 Å². The number of nitrogens with two attached hydrogens (primary N) is 1. The number of Topliss-reactive ketones (excluding diaryl/α,β-unsaturated/α-hetero) is 1. The molecule has 21 heavy (non-hydrogen) atoms.